The lowest BCUT2D eigenvalue weighted by Crippen LogP contribution is -1.80. The molecule has 0 saturated heterocycles. The zero-order valence-corrected chi connectivity index (χ0v) is 6.38. The van der Waals surface area contributed by atoms with Crippen molar-refractivity contribution in [3.8, 4) is 12.3 Å². The van der Waals surface area contributed by atoms with Crippen molar-refractivity contribution in [1.82, 2.24) is 0 Å². The molecule has 11 heavy (non-hydrogen) atoms. The quantitative estimate of drug-likeness (QED) is 0.556. The monoisotopic (exact) mass is 142 g/mol. The molecular weight excluding hydrogens is 132 g/mol. The van der Waals surface area contributed by atoms with Crippen LogP contribution in [-0.4, -0.2) is 0 Å². The Morgan fingerprint density at radius 3 is 2.45 bits per heavy atom. The van der Waals surface area contributed by atoms with Gasteiger partial charge in [0.1, 0.15) is 0 Å². The zero-order chi connectivity index (χ0) is 8.10. The van der Waals surface area contributed by atoms with Gasteiger partial charge in [-0.15, -0.1) is 12.3 Å². The lowest BCUT2D eigenvalue weighted by molar-refractivity contribution is 1.32. The summed E-state index contributed by atoms with van der Waals surface area (Å²) in [5.74, 6) is 2.60. The van der Waals surface area contributed by atoms with Crippen LogP contribution in [0.5, 0.6) is 0 Å². The Morgan fingerprint density at radius 2 is 2.00 bits per heavy atom. The predicted octanol–water partition coefficient (Wildman–Crippen LogP) is 2.51. The standard InChI is InChI=1S/C11H10/c1-3-5-11-8-6-10(4-2)7-9-11/h1,4,6-9H,2,5H2. The van der Waals surface area contributed by atoms with Gasteiger partial charge in [0.2, 0.25) is 0 Å². The minimum atomic E-state index is 0.706. The van der Waals surface area contributed by atoms with Crippen molar-refractivity contribution in [2.75, 3.05) is 0 Å². The molecule has 0 amide bonds. The minimum Gasteiger partial charge on any atom is -0.120 e. The number of rotatable bonds is 2. The Bertz CT molecular complexity index is 272. The molecule has 0 heteroatoms. The fourth-order valence-electron chi connectivity index (χ4n) is 0.889. The Kier molecular flexibility index (Phi) is 2.52. The maximum atomic E-state index is 5.16. The Balaban J connectivity index is 2.84. The van der Waals surface area contributed by atoms with E-state index in [1.54, 1.807) is 0 Å². The molecule has 0 unspecified atom stereocenters. The molecule has 0 aliphatic carbocycles. The summed E-state index contributed by atoms with van der Waals surface area (Å²) < 4.78 is 0. The Labute approximate surface area is 67.6 Å². The minimum absolute atomic E-state index is 0.706. The normalized spacial score (nSPS) is 8.64. The van der Waals surface area contributed by atoms with E-state index in [9.17, 15) is 0 Å². The summed E-state index contributed by atoms with van der Waals surface area (Å²) in [6.07, 6.45) is 7.69. The highest BCUT2D eigenvalue weighted by atomic mass is 13.9. The van der Waals surface area contributed by atoms with E-state index in [0.717, 1.165) is 5.56 Å². The van der Waals surface area contributed by atoms with E-state index in [0.29, 0.717) is 6.42 Å². The van der Waals surface area contributed by atoms with Crippen LogP contribution in [0.3, 0.4) is 0 Å². The molecule has 0 heterocycles. The second-order valence-electron chi connectivity index (χ2n) is 2.33. The van der Waals surface area contributed by atoms with Gasteiger partial charge in [0.05, 0.1) is 0 Å². The van der Waals surface area contributed by atoms with Crippen LogP contribution in [0.1, 0.15) is 11.1 Å². The molecule has 0 atom stereocenters. The average Bonchev–Trinajstić information content (AvgIpc) is 2.07. The van der Waals surface area contributed by atoms with Crippen LogP contribution in [0.25, 0.3) is 6.08 Å². The van der Waals surface area contributed by atoms with Crippen LogP contribution >= 0.6 is 0 Å². The summed E-state index contributed by atoms with van der Waals surface area (Å²) in [4.78, 5) is 0. The Morgan fingerprint density at radius 1 is 1.36 bits per heavy atom. The molecule has 1 rings (SSSR count). The Hall–Kier alpha value is -1.48. The maximum absolute atomic E-state index is 5.16. The molecule has 0 fully saturated rings. The zero-order valence-electron chi connectivity index (χ0n) is 6.38. The molecule has 0 saturated carbocycles. The van der Waals surface area contributed by atoms with Crippen LogP contribution in [0.15, 0.2) is 30.8 Å². The van der Waals surface area contributed by atoms with Crippen LogP contribution in [0.2, 0.25) is 0 Å². The van der Waals surface area contributed by atoms with E-state index in [1.165, 1.54) is 5.56 Å². The van der Waals surface area contributed by atoms with Crippen molar-refractivity contribution in [2.24, 2.45) is 0 Å². The van der Waals surface area contributed by atoms with Crippen LogP contribution in [0, 0.1) is 12.3 Å². The largest absolute Gasteiger partial charge is 0.120 e. The third-order valence-corrected chi connectivity index (χ3v) is 1.52. The number of terminal acetylenes is 1. The number of hydrogen-bond donors (Lipinski definition) is 0. The van der Waals surface area contributed by atoms with Crippen molar-refractivity contribution in [3.05, 3.63) is 42.0 Å². The molecule has 0 bridgehead atoms. The van der Waals surface area contributed by atoms with Gasteiger partial charge in [-0.25, -0.2) is 0 Å². The van der Waals surface area contributed by atoms with Gasteiger partial charge in [-0.05, 0) is 11.1 Å². The second kappa shape index (κ2) is 3.63. The van der Waals surface area contributed by atoms with E-state index in [-0.39, 0.29) is 0 Å². The molecule has 0 spiro atoms. The highest BCUT2D eigenvalue weighted by Crippen LogP contribution is 2.05. The summed E-state index contributed by atoms with van der Waals surface area (Å²) in [5, 5.41) is 0. The molecule has 1 aromatic rings. The lowest BCUT2D eigenvalue weighted by atomic mass is 10.1. The summed E-state index contributed by atoms with van der Waals surface area (Å²) in [7, 11) is 0. The fourth-order valence-corrected chi connectivity index (χ4v) is 0.889. The lowest BCUT2D eigenvalue weighted by Gasteiger charge is -1.95. The number of benzene rings is 1. The van der Waals surface area contributed by atoms with Crippen molar-refractivity contribution >= 4 is 6.08 Å². The molecule has 0 nitrogen and oxygen atoms in total. The van der Waals surface area contributed by atoms with Gasteiger partial charge < -0.3 is 0 Å². The van der Waals surface area contributed by atoms with Crippen LogP contribution in [-0.2, 0) is 6.42 Å². The first-order chi connectivity index (χ1) is 5.36. The van der Waals surface area contributed by atoms with E-state index in [4.69, 9.17) is 6.42 Å². The summed E-state index contributed by atoms with van der Waals surface area (Å²) in [6.45, 7) is 3.67. The average molecular weight is 142 g/mol. The van der Waals surface area contributed by atoms with E-state index < -0.39 is 0 Å². The molecule has 1 aromatic carbocycles. The topological polar surface area (TPSA) is 0 Å². The predicted molar refractivity (Wildman–Crippen MR) is 49.1 cm³/mol. The summed E-state index contributed by atoms with van der Waals surface area (Å²) in [5.41, 5.74) is 2.31. The van der Waals surface area contributed by atoms with Gasteiger partial charge in [-0.3, -0.25) is 0 Å². The maximum Gasteiger partial charge on any atom is 0.0337 e. The van der Waals surface area contributed by atoms with Crippen LogP contribution < -0.4 is 0 Å². The van der Waals surface area contributed by atoms with E-state index >= 15 is 0 Å². The van der Waals surface area contributed by atoms with E-state index in [2.05, 4.69) is 12.5 Å². The molecule has 0 radical (unpaired) electrons. The third-order valence-electron chi connectivity index (χ3n) is 1.52. The van der Waals surface area contributed by atoms with Gasteiger partial charge in [0, 0.05) is 6.42 Å². The highest BCUT2D eigenvalue weighted by molar-refractivity contribution is 5.47. The fraction of sp³-hybridized carbons (Fsp3) is 0.0909. The SMILES string of the molecule is C#CCc1ccc(C=C)cc1. The highest BCUT2D eigenvalue weighted by Gasteiger charge is 1.88. The van der Waals surface area contributed by atoms with Crippen LogP contribution in [0.4, 0.5) is 0 Å². The number of hydrogen-bond acceptors (Lipinski definition) is 0. The molecular formula is C11H10. The van der Waals surface area contributed by atoms with Gasteiger partial charge in [-0.2, -0.15) is 0 Å². The van der Waals surface area contributed by atoms with Crippen molar-refractivity contribution in [2.45, 2.75) is 6.42 Å². The van der Waals surface area contributed by atoms with Crippen molar-refractivity contribution in [3.63, 3.8) is 0 Å². The molecule has 0 aromatic heterocycles. The molecule has 54 valence electrons. The first-order valence-electron chi connectivity index (χ1n) is 3.51. The molecule has 0 aliphatic rings. The van der Waals surface area contributed by atoms with Gasteiger partial charge in [-0.1, -0.05) is 36.9 Å². The van der Waals surface area contributed by atoms with Crippen molar-refractivity contribution < 1.29 is 0 Å². The van der Waals surface area contributed by atoms with E-state index in [1.807, 2.05) is 30.3 Å². The smallest absolute Gasteiger partial charge is 0.0337 e. The first kappa shape index (κ1) is 7.63. The van der Waals surface area contributed by atoms with Gasteiger partial charge in [0.25, 0.3) is 0 Å². The second-order valence-corrected chi connectivity index (χ2v) is 2.33. The summed E-state index contributed by atoms with van der Waals surface area (Å²) >= 11 is 0. The first-order valence-corrected chi connectivity index (χ1v) is 3.51. The van der Waals surface area contributed by atoms with Gasteiger partial charge >= 0.3 is 0 Å². The third kappa shape index (κ3) is 1.98. The summed E-state index contributed by atoms with van der Waals surface area (Å²) in [6, 6.07) is 8.08. The van der Waals surface area contributed by atoms with Crippen molar-refractivity contribution in [1.29, 1.82) is 0 Å². The van der Waals surface area contributed by atoms with Gasteiger partial charge in [0.15, 0.2) is 0 Å². The molecule has 0 N–H and O–H groups in total. The molecule has 0 aliphatic heterocycles.